The van der Waals surface area contributed by atoms with Gasteiger partial charge in [-0.25, -0.2) is 4.98 Å². The molecule has 3 aromatic rings. The SMILES string of the molecule is COc1ccc(Br)cc1C(=O)Nc1nc2ccccc2s1. The van der Waals surface area contributed by atoms with Crippen LogP contribution in [0, 0.1) is 0 Å². The van der Waals surface area contributed by atoms with Gasteiger partial charge in [0.05, 0.1) is 22.9 Å². The Kier molecular flexibility index (Phi) is 3.90. The average molecular weight is 363 g/mol. The van der Waals surface area contributed by atoms with Crippen LogP contribution in [0.15, 0.2) is 46.9 Å². The molecule has 2 aromatic carbocycles. The fourth-order valence-electron chi connectivity index (χ4n) is 1.95. The van der Waals surface area contributed by atoms with Crippen LogP contribution in [0.2, 0.25) is 0 Å². The molecule has 3 rings (SSSR count). The van der Waals surface area contributed by atoms with Crippen LogP contribution in [0.25, 0.3) is 10.2 Å². The van der Waals surface area contributed by atoms with Gasteiger partial charge in [-0.1, -0.05) is 39.4 Å². The third-order valence-electron chi connectivity index (χ3n) is 2.92. The van der Waals surface area contributed by atoms with E-state index in [1.807, 2.05) is 30.3 Å². The number of rotatable bonds is 3. The number of fused-ring (bicyclic) bond motifs is 1. The number of hydrogen-bond acceptors (Lipinski definition) is 4. The lowest BCUT2D eigenvalue weighted by molar-refractivity contribution is 0.102. The number of para-hydroxylation sites is 1. The zero-order valence-electron chi connectivity index (χ0n) is 11.1. The summed E-state index contributed by atoms with van der Waals surface area (Å²) in [7, 11) is 1.54. The Bertz CT molecular complexity index is 783. The fourth-order valence-corrected chi connectivity index (χ4v) is 3.17. The lowest BCUT2D eigenvalue weighted by Crippen LogP contribution is -2.13. The van der Waals surface area contributed by atoms with Crippen molar-refractivity contribution in [1.82, 2.24) is 4.98 Å². The van der Waals surface area contributed by atoms with Crippen LogP contribution in [0.5, 0.6) is 5.75 Å². The molecule has 106 valence electrons. The van der Waals surface area contributed by atoms with E-state index in [0.29, 0.717) is 16.4 Å². The predicted octanol–water partition coefficient (Wildman–Crippen LogP) is 4.32. The van der Waals surface area contributed by atoms with Crippen LogP contribution in [0.3, 0.4) is 0 Å². The zero-order valence-corrected chi connectivity index (χ0v) is 13.5. The molecule has 0 spiro atoms. The van der Waals surface area contributed by atoms with Gasteiger partial charge < -0.3 is 4.74 Å². The van der Waals surface area contributed by atoms with Gasteiger partial charge in [0.15, 0.2) is 5.13 Å². The normalized spacial score (nSPS) is 10.6. The molecule has 0 aliphatic carbocycles. The second kappa shape index (κ2) is 5.83. The summed E-state index contributed by atoms with van der Waals surface area (Å²) < 4.78 is 7.07. The van der Waals surface area contributed by atoms with Crippen LogP contribution >= 0.6 is 27.3 Å². The van der Waals surface area contributed by atoms with Crippen molar-refractivity contribution >= 4 is 48.5 Å². The number of carbonyl (C=O) groups is 1. The van der Waals surface area contributed by atoms with Crippen molar-refractivity contribution < 1.29 is 9.53 Å². The van der Waals surface area contributed by atoms with Crippen molar-refractivity contribution in [3.63, 3.8) is 0 Å². The van der Waals surface area contributed by atoms with E-state index in [0.717, 1.165) is 14.7 Å². The molecule has 4 nitrogen and oxygen atoms in total. The first kappa shape index (κ1) is 14.0. The highest BCUT2D eigenvalue weighted by atomic mass is 79.9. The molecule has 0 aliphatic heterocycles. The van der Waals surface area contributed by atoms with Gasteiger partial charge in [0.2, 0.25) is 0 Å². The maximum Gasteiger partial charge on any atom is 0.261 e. The molecule has 0 saturated carbocycles. The number of halogens is 1. The highest BCUT2D eigenvalue weighted by Gasteiger charge is 2.14. The number of methoxy groups -OCH3 is 1. The Hall–Kier alpha value is -1.92. The summed E-state index contributed by atoms with van der Waals surface area (Å²) in [6.45, 7) is 0. The topological polar surface area (TPSA) is 51.2 Å². The second-order valence-electron chi connectivity index (χ2n) is 4.29. The summed E-state index contributed by atoms with van der Waals surface area (Å²) >= 11 is 4.80. The molecule has 1 amide bonds. The lowest BCUT2D eigenvalue weighted by Gasteiger charge is -2.08. The van der Waals surface area contributed by atoms with E-state index in [9.17, 15) is 4.79 Å². The standard InChI is InChI=1S/C15H11BrN2O2S/c1-20-12-7-6-9(16)8-10(12)14(19)18-15-17-11-4-2-3-5-13(11)21-15/h2-8H,1H3,(H,17,18,19). The molecule has 0 radical (unpaired) electrons. The van der Waals surface area contributed by atoms with E-state index in [1.165, 1.54) is 18.4 Å². The minimum atomic E-state index is -0.243. The highest BCUT2D eigenvalue weighted by Crippen LogP contribution is 2.28. The number of nitrogens with zero attached hydrogens (tertiary/aromatic N) is 1. The second-order valence-corrected chi connectivity index (χ2v) is 6.23. The van der Waals surface area contributed by atoms with Crippen LogP contribution < -0.4 is 10.1 Å². The van der Waals surface area contributed by atoms with E-state index in [2.05, 4.69) is 26.2 Å². The van der Waals surface area contributed by atoms with Crippen molar-refractivity contribution in [1.29, 1.82) is 0 Å². The van der Waals surface area contributed by atoms with Gasteiger partial charge in [0.1, 0.15) is 5.75 Å². The van der Waals surface area contributed by atoms with Gasteiger partial charge in [-0.15, -0.1) is 0 Å². The molecule has 0 atom stereocenters. The van der Waals surface area contributed by atoms with Gasteiger partial charge in [-0.3, -0.25) is 10.1 Å². The summed E-state index contributed by atoms with van der Waals surface area (Å²) in [6.07, 6.45) is 0. The van der Waals surface area contributed by atoms with E-state index in [1.54, 1.807) is 12.1 Å². The van der Waals surface area contributed by atoms with E-state index in [-0.39, 0.29) is 5.91 Å². The summed E-state index contributed by atoms with van der Waals surface area (Å²) in [5.74, 6) is 0.281. The number of amides is 1. The van der Waals surface area contributed by atoms with Crippen molar-refractivity contribution in [3.8, 4) is 5.75 Å². The van der Waals surface area contributed by atoms with Crippen molar-refractivity contribution in [2.75, 3.05) is 12.4 Å². The third kappa shape index (κ3) is 2.91. The number of benzene rings is 2. The van der Waals surface area contributed by atoms with E-state index < -0.39 is 0 Å². The molecular weight excluding hydrogens is 352 g/mol. The van der Waals surface area contributed by atoms with Crippen LogP contribution in [0.1, 0.15) is 10.4 Å². The molecule has 6 heteroatoms. The first-order valence-electron chi connectivity index (χ1n) is 6.18. The Morgan fingerprint density at radius 2 is 2.10 bits per heavy atom. The number of anilines is 1. The van der Waals surface area contributed by atoms with Crippen molar-refractivity contribution in [3.05, 3.63) is 52.5 Å². The molecule has 1 aromatic heterocycles. The average Bonchev–Trinajstić information content (AvgIpc) is 2.89. The number of nitrogens with one attached hydrogen (secondary N) is 1. The molecular formula is C15H11BrN2O2S. The van der Waals surface area contributed by atoms with Gasteiger partial charge in [-0.2, -0.15) is 0 Å². The molecule has 1 heterocycles. The van der Waals surface area contributed by atoms with E-state index >= 15 is 0 Å². The molecule has 21 heavy (non-hydrogen) atoms. The minimum absolute atomic E-state index is 0.243. The largest absolute Gasteiger partial charge is 0.496 e. The van der Waals surface area contributed by atoms with Crippen molar-refractivity contribution in [2.24, 2.45) is 0 Å². The first-order chi connectivity index (χ1) is 10.2. The van der Waals surface area contributed by atoms with E-state index in [4.69, 9.17) is 4.74 Å². The minimum Gasteiger partial charge on any atom is -0.496 e. The summed E-state index contributed by atoms with van der Waals surface area (Å²) in [6, 6.07) is 13.1. The number of hydrogen-bond donors (Lipinski definition) is 1. The van der Waals surface area contributed by atoms with Gasteiger partial charge in [0, 0.05) is 4.47 Å². The summed E-state index contributed by atoms with van der Waals surface area (Å²) in [5, 5.41) is 3.39. The number of aromatic nitrogens is 1. The summed E-state index contributed by atoms with van der Waals surface area (Å²) in [5.41, 5.74) is 1.34. The van der Waals surface area contributed by atoms with Crippen LogP contribution in [-0.4, -0.2) is 18.0 Å². The van der Waals surface area contributed by atoms with Crippen LogP contribution in [0.4, 0.5) is 5.13 Å². The Morgan fingerprint density at radius 1 is 1.29 bits per heavy atom. The number of carbonyl (C=O) groups excluding carboxylic acids is 1. The number of ether oxygens (including phenoxy) is 1. The van der Waals surface area contributed by atoms with Gasteiger partial charge in [0.25, 0.3) is 5.91 Å². The lowest BCUT2D eigenvalue weighted by atomic mass is 10.2. The zero-order chi connectivity index (χ0) is 14.8. The van der Waals surface area contributed by atoms with Gasteiger partial charge in [-0.05, 0) is 30.3 Å². The predicted molar refractivity (Wildman–Crippen MR) is 88.3 cm³/mol. The molecule has 0 aliphatic rings. The molecule has 0 fully saturated rings. The first-order valence-corrected chi connectivity index (χ1v) is 7.79. The maximum absolute atomic E-state index is 12.4. The summed E-state index contributed by atoms with van der Waals surface area (Å²) in [4.78, 5) is 16.8. The molecule has 0 bridgehead atoms. The third-order valence-corrected chi connectivity index (χ3v) is 4.37. The Labute approximate surface area is 133 Å². The van der Waals surface area contributed by atoms with Crippen molar-refractivity contribution in [2.45, 2.75) is 0 Å². The Morgan fingerprint density at radius 3 is 2.86 bits per heavy atom. The maximum atomic E-state index is 12.4. The molecule has 0 saturated heterocycles. The molecule has 1 N–H and O–H groups in total. The quantitative estimate of drug-likeness (QED) is 0.754. The molecule has 0 unspecified atom stereocenters. The van der Waals surface area contributed by atoms with Crippen LogP contribution in [-0.2, 0) is 0 Å². The smallest absolute Gasteiger partial charge is 0.261 e. The Balaban J connectivity index is 1.90. The van der Waals surface area contributed by atoms with Gasteiger partial charge >= 0.3 is 0 Å². The fraction of sp³-hybridized carbons (Fsp3) is 0.0667. The monoisotopic (exact) mass is 362 g/mol. The number of thiazole rings is 1. The highest BCUT2D eigenvalue weighted by molar-refractivity contribution is 9.10.